The second-order valence-electron chi connectivity index (χ2n) is 3.05. The molecule has 84 valence electrons. The normalized spacial score (nSPS) is 9.71. The predicted molar refractivity (Wildman–Crippen MR) is 53.2 cm³/mol. The lowest BCUT2D eigenvalue weighted by Gasteiger charge is -2.04. The van der Waals surface area contributed by atoms with Crippen LogP contribution in [0.3, 0.4) is 0 Å². The molecule has 1 aromatic heterocycles. The third-order valence-electron chi connectivity index (χ3n) is 1.86. The van der Waals surface area contributed by atoms with Gasteiger partial charge in [-0.3, -0.25) is 0 Å². The first-order valence-electron chi connectivity index (χ1n) is 4.56. The molecular weight excluding hydrogens is 228 g/mol. The van der Waals surface area contributed by atoms with Crippen molar-refractivity contribution in [2.24, 2.45) is 0 Å². The van der Waals surface area contributed by atoms with Gasteiger partial charge in [0.15, 0.2) is 17.3 Å². The second kappa shape index (κ2) is 4.53. The first-order valence-corrected chi connectivity index (χ1v) is 4.56. The molecule has 4 nitrogen and oxygen atoms in total. The van der Waals surface area contributed by atoms with Crippen LogP contribution in [-0.2, 0) is 0 Å². The van der Waals surface area contributed by atoms with Crippen molar-refractivity contribution >= 4 is 0 Å². The molecule has 0 amide bonds. The molecule has 0 aliphatic rings. The van der Waals surface area contributed by atoms with Crippen molar-refractivity contribution in [2.75, 3.05) is 0 Å². The highest BCUT2D eigenvalue weighted by Crippen LogP contribution is 2.22. The van der Waals surface area contributed by atoms with Crippen LogP contribution in [-0.4, -0.2) is 10.2 Å². The van der Waals surface area contributed by atoms with Gasteiger partial charge in [-0.15, -0.1) is 10.2 Å². The highest BCUT2D eigenvalue weighted by atomic mass is 19.1. The van der Waals surface area contributed by atoms with Crippen molar-refractivity contribution in [1.82, 2.24) is 10.2 Å². The van der Waals surface area contributed by atoms with Gasteiger partial charge in [-0.1, -0.05) is 0 Å². The van der Waals surface area contributed by atoms with Crippen LogP contribution >= 0.6 is 0 Å². The van der Waals surface area contributed by atoms with Crippen LogP contribution in [0.5, 0.6) is 11.6 Å². The van der Waals surface area contributed by atoms with Crippen LogP contribution in [0.2, 0.25) is 0 Å². The number of rotatable bonds is 2. The number of ether oxygens (including phenoxy) is 1. The molecule has 0 saturated carbocycles. The Morgan fingerprint density at radius 3 is 2.53 bits per heavy atom. The monoisotopic (exact) mass is 233 g/mol. The summed E-state index contributed by atoms with van der Waals surface area (Å²) in [5, 5.41) is 15.6. The summed E-state index contributed by atoms with van der Waals surface area (Å²) in [6.45, 7) is 0. The van der Waals surface area contributed by atoms with Crippen LogP contribution < -0.4 is 4.74 Å². The molecule has 0 unspecified atom stereocenters. The van der Waals surface area contributed by atoms with Crippen LogP contribution in [0.4, 0.5) is 8.78 Å². The van der Waals surface area contributed by atoms with E-state index in [-0.39, 0.29) is 17.3 Å². The molecule has 0 aliphatic heterocycles. The number of nitriles is 1. The molecule has 1 heterocycles. The van der Waals surface area contributed by atoms with E-state index in [4.69, 9.17) is 10.00 Å². The third kappa shape index (κ3) is 2.52. The fraction of sp³-hybridized carbons (Fsp3) is 0. The average Bonchev–Trinajstić information content (AvgIpc) is 2.34. The van der Waals surface area contributed by atoms with Gasteiger partial charge >= 0.3 is 0 Å². The van der Waals surface area contributed by atoms with E-state index in [9.17, 15) is 8.78 Å². The Bertz CT molecular complexity index is 578. The van der Waals surface area contributed by atoms with E-state index in [2.05, 4.69) is 10.2 Å². The topological polar surface area (TPSA) is 58.8 Å². The summed E-state index contributed by atoms with van der Waals surface area (Å²) >= 11 is 0. The highest BCUT2D eigenvalue weighted by molar-refractivity contribution is 5.29. The summed E-state index contributed by atoms with van der Waals surface area (Å²) < 4.78 is 30.9. The quantitative estimate of drug-likeness (QED) is 0.799. The van der Waals surface area contributed by atoms with Crippen LogP contribution in [0.1, 0.15) is 5.69 Å². The maximum absolute atomic E-state index is 13.2. The lowest BCUT2D eigenvalue weighted by Crippen LogP contribution is -1.94. The zero-order chi connectivity index (χ0) is 12.3. The van der Waals surface area contributed by atoms with Crippen molar-refractivity contribution in [3.63, 3.8) is 0 Å². The Labute approximate surface area is 95.1 Å². The summed E-state index contributed by atoms with van der Waals surface area (Å²) in [6, 6.07) is 7.44. The van der Waals surface area contributed by atoms with Crippen LogP contribution in [0.25, 0.3) is 0 Å². The zero-order valence-corrected chi connectivity index (χ0v) is 8.39. The number of halogens is 2. The van der Waals surface area contributed by atoms with Gasteiger partial charge in [0.05, 0.1) is 0 Å². The van der Waals surface area contributed by atoms with Gasteiger partial charge in [-0.2, -0.15) is 5.26 Å². The Morgan fingerprint density at radius 1 is 1.12 bits per heavy atom. The summed E-state index contributed by atoms with van der Waals surface area (Å²) in [5.74, 6) is -1.67. The molecule has 6 heteroatoms. The average molecular weight is 233 g/mol. The molecule has 0 spiro atoms. The Kier molecular flexibility index (Phi) is 2.92. The molecule has 0 saturated heterocycles. The van der Waals surface area contributed by atoms with Gasteiger partial charge < -0.3 is 4.74 Å². The van der Waals surface area contributed by atoms with Crippen LogP contribution in [0, 0.1) is 23.0 Å². The van der Waals surface area contributed by atoms with E-state index in [1.165, 1.54) is 12.1 Å². The summed E-state index contributed by atoms with van der Waals surface area (Å²) in [5.41, 5.74) is 0.122. The number of nitrogens with zero attached hydrogens (tertiary/aromatic N) is 3. The standard InChI is InChI=1S/C11H5F2N3O/c12-7-1-3-10(9(13)5-7)17-11-4-2-8(6-14)15-16-11/h1-5H. The van der Waals surface area contributed by atoms with E-state index in [1.54, 1.807) is 6.07 Å². The maximum atomic E-state index is 13.2. The fourth-order valence-corrected chi connectivity index (χ4v) is 1.10. The molecule has 0 atom stereocenters. The Balaban J connectivity index is 2.23. The molecular formula is C11H5F2N3O. The molecule has 2 aromatic rings. The minimum Gasteiger partial charge on any atom is -0.434 e. The Morgan fingerprint density at radius 2 is 1.94 bits per heavy atom. The van der Waals surface area contributed by atoms with Crippen molar-refractivity contribution in [3.05, 3.63) is 47.7 Å². The van der Waals surface area contributed by atoms with Crippen LogP contribution in [0.15, 0.2) is 30.3 Å². The first kappa shape index (κ1) is 11.0. The van der Waals surface area contributed by atoms with E-state index >= 15 is 0 Å². The predicted octanol–water partition coefficient (Wildman–Crippen LogP) is 2.42. The van der Waals surface area contributed by atoms with E-state index in [1.807, 2.05) is 0 Å². The summed E-state index contributed by atoms with van der Waals surface area (Å²) in [4.78, 5) is 0. The molecule has 0 bridgehead atoms. The van der Waals surface area contributed by atoms with Crippen molar-refractivity contribution in [3.8, 4) is 17.7 Å². The van der Waals surface area contributed by atoms with E-state index < -0.39 is 11.6 Å². The lowest BCUT2D eigenvalue weighted by atomic mass is 10.3. The van der Waals surface area contributed by atoms with Gasteiger partial charge in [-0.25, -0.2) is 8.78 Å². The van der Waals surface area contributed by atoms with Crippen molar-refractivity contribution in [1.29, 1.82) is 5.26 Å². The lowest BCUT2D eigenvalue weighted by molar-refractivity contribution is 0.418. The highest BCUT2D eigenvalue weighted by Gasteiger charge is 2.07. The van der Waals surface area contributed by atoms with Gasteiger partial charge in [0.25, 0.3) is 0 Å². The maximum Gasteiger partial charge on any atom is 0.239 e. The SMILES string of the molecule is N#Cc1ccc(Oc2ccc(F)cc2F)nn1. The summed E-state index contributed by atoms with van der Waals surface area (Å²) in [6.07, 6.45) is 0. The van der Waals surface area contributed by atoms with E-state index in [0.717, 1.165) is 12.1 Å². The van der Waals surface area contributed by atoms with Gasteiger partial charge in [0, 0.05) is 12.1 Å². The molecule has 1 aromatic carbocycles. The van der Waals surface area contributed by atoms with E-state index in [0.29, 0.717) is 6.07 Å². The van der Waals surface area contributed by atoms with Crippen molar-refractivity contribution < 1.29 is 13.5 Å². The Hall–Kier alpha value is -2.55. The molecule has 0 N–H and O–H groups in total. The second-order valence-corrected chi connectivity index (χ2v) is 3.05. The number of hydrogen-bond donors (Lipinski definition) is 0. The molecule has 0 fully saturated rings. The first-order chi connectivity index (χ1) is 8.19. The van der Waals surface area contributed by atoms with Crippen molar-refractivity contribution in [2.45, 2.75) is 0 Å². The van der Waals surface area contributed by atoms with Gasteiger partial charge in [-0.05, 0) is 18.2 Å². The minimum atomic E-state index is -0.837. The largest absolute Gasteiger partial charge is 0.434 e. The van der Waals surface area contributed by atoms with Gasteiger partial charge in [0.2, 0.25) is 5.88 Å². The fourth-order valence-electron chi connectivity index (χ4n) is 1.10. The third-order valence-corrected chi connectivity index (χ3v) is 1.86. The molecule has 0 aliphatic carbocycles. The summed E-state index contributed by atoms with van der Waals surface area (Å²) in [7, 11) is 0. The molecule has 2 rings (SSSR count). The number of aromatic nitrogens is 2. The number of hydrogen-bond acceptors (Lipinski definition) is 4. The zero-order valence-electron chi connectivity index (χ0n) is 8.39. The minimum absolute atomic E-state index is 0.0227. The smallest absolute Gasteiger partial charge is 0.239 e. The molecule has 17 heavy (non-hydrogen) atoms. The van der Waals surface area contributed by atoms with Gasteiger partial charge in [0.1, 0.15) is 11.9 Å². The molecule has 0 radical (unpaired) electrons. The number of benzene rings is 1.